The number of methoxy groups -OCH3 is 1. The summed E-state index contributed by atoms with van der Waals surface area (Å²) in [6.45, 7) is 1.95. The normalized spacial score (nSPS) is 9.85. The Morgan fingerprint density at radius 2 is 2.00 bits per heavy atom. The van der Waals surface area contributed by atoms with E-state index in [0.717, 1.165) is 0 Å². The molecule has 1 aromatic heterocycles. The van der Waals surface area contributed by atoms with Crippen LogP contribution in [0.5, 0.6) is 11.9 Å². The Kier molecular flexibility index (Phi) is 2.94. The first-order valence-electron chi connectivity index (χ1n) is 3.58. The summed E-state index contributed by atoms with van der Waals surface area (Å²) in [5.41, 5.74) is 0. The smallest absolute Gasteiger partial charge is 0.322 e. The number of hydrogen-bond acceptors (Lipinski definition) is 4. The second-order valence-electron chi connectivity index (χ2n) is 2.05. The Bertz CT molecular complexity index is 307. The summed E-state index contributed by atoms with van der Waals surface area (Å²) < 4.78 is 34.6. The zero-order chi connectivity index (χ0) is 9.84. The molecule has 0 saturated carbocycles. The molecule has 0 aliphatic heterocycles. The van der Waals surface area contributed by atoms with Gasteiger partial charge in [-0.3, -0.25) is 0 Å². The van der Waals surface area contributed by atoms with E-state index < -0.39 is 17.6 Å². The van der Waals surface area contributed by atoms with Crippen LogP contribution in [0.15, 0.2) is 0 Å². The fourth-order valence-corrected chi connectivity index (χ4v) is 0.711. The molecule has 1 heterocycles. The van der Waals surface area contributed by atoms with Crippen molar-refractivity contribution in [3.8, 4) is 11.9 Å². The molecule has 0 aliphatic rings. The topological polar surface area (TPSA) is 44.2 Å². The van der Waals surface area contributed by atoms with Gasteiger partial charge in [-0.25, -0.2) is 0 Å². The summed E-state index contributed by atoms with van der Waals surface area (Å²) >= 11 is 0. The number of rotatable bonds is 3. The first-order chi connectivity index (χ1) is 6.19. The van der Waals surface area contributed by atoms with Gasteiger partial charge in [0.1, 0.15) is 0 Å². The Labute approximate surface area is 73.5 Å². The fraction of sp³-hybridized carbons (Fsp3) is 0.429. The molecule has 0 amide bonds. The van der Waals surface area contributed by atoms with Crippen molar-refractivity contribution >= 4 is 0 Å². The van der Waals surface area contributed by atoms with Gasteiger partial charge in [-0.15, -0.1) is 0 Å². The van der Waals surface area contributed by atoms with Crippen LogP contribution in [0, 0.1) is 11.8 Å². The van der Waals surface area contributed by atoms with Gasteiger partial charge in [-0.05, 0) is 6.92 Å². The molecule has 0 fully saturated rings. The summed E-state index contributed by atoms with van der Waals surface area (Å²) in [5, 5.41) is 0. The summed E-state index contributed by atoms with van der Waals surface area (Å²) in [5.74, 6) is -2.96. The monoisotopic (exact) mass is 190 g/mol. The molecule has 1 rings (SSSR count). The van der Waals surface area contributed by atoms with E-state index in [0.29, 0.717) is 0 Å². The molecule has 0 saturated heterocycles. The Hall–Kier alpha value is -1.46. The van der Waals surface area contributed by atoms with E-state index >= 15 is 0 Å². The van der Waals surface area contributed by atoms with Gasteiger partial charge in [0.2, 0.25) is 5.82 Å². The summed E-state index contributed by atoms with van der Waals surface area (Å²) in [6, 6.07) is -0.238. The minimum atomic E-state index is -1.28. The maximum absolute atomic E-state index is 12.7. The Morgan fingerprint density at radius 3 is 2.54 bits per heavy atom. The molecule has 0 bridgehead atoms. The summed E-state index contributed by atoms with van der Waals surface area (Å²) in [7, 11) is 1.18. The van der Waals surface area contributed by atoms with Crippen molar-refractivity contribution in [3.05, 3.63) is 11.8 Å². The maximum atomic E-state index is 12.7. The predicted molar refractivity (Wildman–Crippen MR) is 39.7 cm³/mol. The highest BCUT2D eigenvalue weighted by atomic mass is 19.2. The van der Waals surface area contributed by atoms with Crippen LogP contribution in [0.1, 0.15) is 6.92 Å². The lowest BCUT2D eigenvalue weighted by atomic mass is 10.6. The number of nitrogens with zero attached hydrogens (tertiary/aromatic N) is 2. The number of ether oxygens (including phenoxy) is 2. The second-order valence-corrected chi connectivity index (χ2v) is 2.05. The lowest BCUT2D eigenvalue weighted by molar-refractivity contribution is 0.281. The van der Waals surface area contributed by atoms with E-state index in [-0.39, 0.29) is 12.6 Å². The molecular weight excluding hydrogens is 182 g/mol. The molecule has 0 aromatic carbocycles. The highest BCUT2D eigenvalue weighted by Crippen LogP contribution is 2.18. The first-order valence-corrected chi connectivity index (χ1v) is 3.58. The molecule has 0 spiro atoms. The largest absolute Gasteiger partial charge is 0.479 e. The van der Waals surface area contributed by atoms with Gasteiger partial charge in [0.15, 0.2) is 0 Å². The highest BCUT2D eigenvalue weighted by Gasteiger charge is 2.14. The van der Waals surface area contributed by atoms with Crippen molar-refractivity contribution < 1.29 is 18.3 Å². The van der Waals surface area contributed by atoms with E-state index in [9.17, 15) is 8.78 Å². The van der Waals surface area contributed by atoms with Crippen LogP contribution in [-0.4, -0.2) is 23.7 Å². The minimum Gasteiger partial charge on any atom is -0.479 e. The molecule has 1 aromatic rings. The van der Waals surface area contributed by atoms with E-state index in [1.165, 1.54) is 7.11 Å². The van der Waals surface area contributed by atoms with Crippen molar-refractivity contribution in [1.82, 2.24) is 9.97 Å². The zero-order valence-corrected chi connectivity index (χ0v) is 7.17. The quantitative estimate of drug-likeness (QED) is 0.671. The van der Waals surface area contributed by atoms with Gasteiger partial charge in [-0.1, -0.05) is 0 Å². The fourth-order valence-electron chi connectivity index (χ4n) is 0.711. The average molecular weight is 190 g/mol. The van der Waals surface area contributed by atoms with Crippen molar-refractivity contribution in [2.75, 3.05) is 13.7 Å². The van der Waals surface area contributed by atoms with Crippen LogP contribution in [0.25, 0.3) is 0 Å². The highest BCUT2D eigenvalue weighted by molar-refractivity contribution is 5.15. The second kappa shape index (κ2) is 3.97. The molecule has 0 aliphatic carbocycles. The van der Waals surface area contributed by atoms with E-state index in [1.807, 2.05) is 0 Å². The van der Waals surface area contributed by atoms with Gasteiger partial charge < -0.3 is 9.47 Å². The maximum Gasteiger partial charge on any atom is 0.322 e. The van der Waals surface area contributed by atoms with Gasteiger partial charge in [-0.2, -0.15) is 18.7 Å². The van der Waals surface area contributed by atoms with E-state index in [1.54, 1.807) is 6.92 Å². The molecule has 0 radical (unpaired) electrons. The van der Waals surface area contributed by atoms with Gasteiger partial charge >= 0.3 is 6.01 Å². The number of aromatic nitrogens is 2. The number of halogens is 2. The Morgan fingerprint density at radius 1 is 1.31 bits per heavy atom. The van der Waals surface area contributed by atoms with Crippen molar-refractivity contribution in [3.63, 3.8) is 0 Å². The molecule has 0 unspecified atom stereocenters. The number of hydrogen-bond donors (Lipinski definition) is 0. The molecule has 13 heavy (non-hydrogen) atoms. The molecule has 0 N–H and O–H groups in total. The third-order valence-electron chi connectivity index (χ3n) is 1.23. The zero-order valence-electron chi connectivity index (χ0n) is 7.17. The molecule has 0 atom stereocenters. The van der Waals surface area contributed by atoms with Crippen LogP contribution < -0.4 is 9.47 Å². The van der Waals surface area contributed by atoms with Crippen LogP contribution in [0.3, 0.4) is 0 Å². The third kappa shape index (κ3) is 2.01. The average Bonchev–Trinajstić information content (AvgIpc) is 2.11. The molecule has 4 nitrogen and oxygen atoms in total. The first kappa shape index (κ1) is 9.63. The van der Waals surface area contributed by atoms with E-state index in [4.69, 9.17) is 4.74 Å². The van der Waals surface area contributed by atoms with Crippen molar-refractivity contribution in [2.45, 2.75) is 6.92 Å². The molecular formula is C7H8F2N2O2. The lowest BCUT2D eigenvalue weighted by Crippen LogP contribution is -2.04. The van der Waals surface area contributed by atoms with Gasteiger partial charge in [0.25, 0.3) is 11.8 Å². The third-order valence-corrected chi connectivity index (χ3v) is 1.23. The van der Waals surface area contributed by atoms with Gasteiger partial charge in [0.05, 0.1) is 13.7 Å². The van der Waals surface area contributed by atoms with Crippen molar-refractivity contribution in [1.29, 1.82) is 0 Å². The predicted octanol–water partition coefficient (Wildman–Crippen LogP) is 1.16. The van der Waals surface area contributed by atoms with E-state index in [2.05, 4.69) is 14.7 Å². The van der Waals surface area contributed by atoms with Crippen molar-refractivity contribution in [2.24, 2.45) is 0 Å². The molecule has 6 heteroatoms. The standard InChI is InChI=1S/C7H8F2N2O2/c1-3-13-7-10-5(9)4(8)6(11-7)12-2/h3H2,1-2H3. The van der Waals surface area contributed by atoms with Crippen LogP contribution in [0.4, 0.5) is 8.78 Å². The van der Waals surface area contributed by atoms with Crippen LogP contribution >= 0.6 is 0 Å². The van der Waals surface area contributed by atoms with Crippen LogP contribution in [0.2, 0.25) is 0 Å². The molecule has 72 valence electrons. The summed E-state index contributed by atoms with van der Waals surface area (Å²) in [6.07, 6.45) is 0. The Balaban J connectivity index is 3.06. The minimum absolute atomic E-state index is 0.238. The summed E-state index contributed by atoms with van der Waals surface area (Å²) in [4.78, 5) is 6.59. The SMILES string of the molecule is CCOc1nc(F)c(F)c(OC)n1. The van der Waals surface area contributed by atoms with Gasteiger partial charge in [0, 0.05) is 0 Å². The lowest BCUT2D eigenvalue weighted by Gasteiger charge is -2.04. The van der Waals surface area contributed by atoms with Crippen LogP contribution in [-0.2, 0) is 0 Å².